The maximum absolute atomic E-state index is 13.8. The van der Waals surface area contributed by atoms with Crippen molar-refractivity contribution in [3.05, 3.63) is 66.9 Å². The number of hydrogen-bond acceptors (Lipinski definition) is 5. The smallest absolute Gasteiger partial charge is 0.422 e. The van der Waals surface area contributed by atoms with Gasteiger partial charge in [-0.1, -0.05) is 24.3 Å². The van der Waals surface area contributed by atoms with E-state index in [1.165, 1.54) is 12.3 Å². The van der Waals surface area contributed by atoms with Gasteiger partial charge in [-0.2, -0.15) is 13.2 Å². The quantitative estimate of drug-likeness (QED) is 0.357. The number of aromatic nitrogens is 1. The third-order valence-electron chi connectivity index (χ3n) is 9.96. The van der Waals surface area contributed by atoms with Gasteiger partial charge in [0.2, 0.25) is 5.91 Å². The Morgan fingerprint density at radius 3 is 2.30 bits per heavy atom. The van der Waals surface area contributed by atoms with Crippen LogP contribution in [0, 0.1) is 23.2 Å². The third-order valence-corrected chi connectivity index (χ3v) is 9.96. The average Bonchev–Trinajstić information content (AvgIpc) is 3.01. The van der Waals surface area contributed by atoms with E-state index in [1.807, 2.05) is 53.4 Å². The second kappa shape index (κ2) is 10.7. The highest BCUT2D eigenvalue weighted by Crippen LogP contribution is 2.60. The molecular weight excluding hydrogens is 571 g/mol. The fourth-order valence-electron chi connectivity index (χ4n) is 8.24. The van der Waals surface area contributed by atoms with Crippen LogP contribution in [-0.4, -0.2) is 48.8 Å². The lowest BCUT2D eigenvalue weighted by molar-refractivity contribution is -0.153. The van der Waals surface area contributed by atoms with Gasteiger partial charge in [-0.25, -0.2) is 4.79 Å². The number of alkyl halides is 3. The monoisotopic (exact) mass is 605 g/mol. The molecule has 4 bridgehead atoms. The molecule has 2 heterocycles. The number of amides is 3. The van der Waals surface area contributed by atoms with E-state index in [0.717, 1.165) is 54.7 Å². The van der Waals surface area contributed by atoms with Crippen molar-refractivity contribution in [3.8, 4) is 17.0 Å². The second-order valence-electron chi connectivity index (χ2n) is 12.7. The summed E-state index contributed by atoms with van der Waals surface area (Å²) in [4.78, 5) is 34.4. The molecule has 5 aliphatic rings. The molecule has 8 rings (SSSR count). The minimum absolute atomic E-state index is 0.0547. The van der Waals surface area contributed by atoms with E-state index in [-0.39, 0.29) is 35.6 Å². The van der Waals surface area contributed by atoms with Crippen LogP contribution in [0.2, 0.25) is 0 Å². The topological polar surface area (TPSA) is 101 Å². The van der Waals surface area contributed by atoms with Gasteiger partial charge in [0.25, 0.3) is 0 Å². The summed E-state index contributed by atoms with van der Waals surface area (Å²) in [5, 5.41) is 3.37. The standard InChI is InChI=1S/C33H34F3N5O3/c34-33(35,36)19-44-25-9-10-26(38-18-25)21-5-7-24(8-6-21)40-11-12-41(28-4-2-1-3-27(28)40)31(43)39-29-22-13-20-14-23(29)17-32(15-20,16-22)30(37)42/h1-10,18,20,22-23,29H,11-17,19H2,(H2,37,42)(H,39,43). The van der Waals surface area contributed by atoms with Crippen LogP contribution in [0.3, 0.4) is 0 Å². The van der Waals surface area contributed by atoms with Crippen molar-refractivity contribution in [2.24, 2.45) is 28.9 Å². The van der Waals surface area contributed by atoms with Crippen molar-refractivity contribution in [2.45, 2.75) is 44.3 Å². The molecule has 230 valence electrons. The normalized spacial score (nSPS) is 27.2. The highest BCUT2D eigenvalue weighted by Gasteiger charge is 2.58. The molecule has 2 atom stereocenters. The Balaban J connectivity index is 1.04. The lowest BCUT2D eigenvalue weighted by Crippen LogP contribution is -2.63. The Hall–Kier alpha value is -4.28. The summed E-state index contributed by atoms with van der Waals surface area (Å²) in [6.07, 6.45) is 1.40. The van der Waals surface area contributed by atoms with E-state index >= 15 is 0 Å². The number of benzene rings is 2. The fourth-order valence-corrected chi connectivity index (χ4v) is 8.24. The maximum Gasteiger partial charge on any atom is 0.422 e. The zero-order valence-corrected chi connectivity index (χ0v) is 24.1. The van der Waals surface area contributed by atoms with E-state index < -0.39 is 18.2 Å². The van der Waals surface area contributed by atoms with Crippen molar-refractivity contribution in [3.63, 3.8) is 0 Å². The zero-order chi connectivity index (χ0) is 30.6. The van der Waals surface area contributed by atoms with Crippen LogP contribution in [0.5, 0.6) is 5.75 Å². The number of fused-ring (bicyclic) bond motifs is 1. The van der Waals surface area contributed by atoms with Gasteiger partial charge in [-0.3, -0.25) is 14.7 Å². The van der Waals surface area contributed by atoms with Gasteiger partial charge in [0.05, 0.1) is 23.3 Å². The highest BCUT2D eigenvalue weighted by atomic mass is 19.4. The van der Waals surface area contributed by atoms with Crippen LogP contribution < -0.4 is 25.6 Å². The Labute approximate surface area is 253 Å². The molecule has 8 nitrogen and oxygen atoms in total. The molecule has 11 heteroatoms. The van der Waals surface area contributed by atoms with Crippen molar-refractivity contribution >= 4 is 29.0 Å². The van der Waals surface area contributed by atoms with E-state index in [9.17, 15) is 22.8 Å². The van der Waals surface area contributed by atoms with Gasteiger partial charge in [-0.05, 0) is 86.3 Å². The zero-order valence-electron chi connectivity index (χ0n) is 24.1. The number of anilines is 3. The SMILES string of the molecule is NC(=O)C12CC3CC(C1)C(NC(=O)N1CCN(c4ccc(-c5ccc(OCC(F)(F)F)cn5)cc4)c4ccccc41)C(C3)C2. The number of nitrogens with zero attached hydrogens (tertiary/aromatic N) is 3. The number of pyridine rings is 1. The molecule has 4 aliphatic carbocycles. The van der Waals surface area contributed by atoms with Crippen molar-refractivity contribution in [1.29, 1.82) is 0 Å². The molecule has 2 unspecified atom stereocenters. The predicted molar refractivity (Wildman–Crippen MR) is 160 cm³/mol. The van der Waals surface area contributed by atoms with Gasteiger partial charge in [0, 0.05) is 35.8 Å². The summed E-state index contributed by atoms with van der Waals surface area (Å²) in [6, 6.07) is 18.7. The largest absolute Gasteiger partial charge is 0.483 e. The first-order chi connectivity index (χ1) is 21.1. The van der Waals surface area contributed by atoms with Crippen LogP contribution in [0.25, 0.3) is 11.3 Å². The molecule has 3 N–H and O–H groups in total. The number of rotatable bonds is 6. The number of ether oxygens (including phenoxy) is 1. The number of nitrogens with two attached hydrogens (primary N) is 1. The van der Waals surface area contributed by atoms with E-state index in [0.29, 0.717) is 24.7 Å². The van der Waals surface area contributed by atoms with Gasteiger partial charge in [-0.15, -0.1) is 0 Å². The van der Waals surface area contributed by atoms with Gasteiger partial charge >= 0.3 is 12.2 Å². The number of nitrogens with one attached hydrogen (secondary N) is 1. The Kier molecular flexibility index (Phi) is 6.93. The number of carbonyl (C=O) groups is 2. The van der Waals surface area contributed by atoms with Crippen LogP contribution >= 0.6 is 0 Å². The molecule has 0 radical (unpaired) electrons. The molecule has 3 aromatic rings. The van der Waals surface area contributed by atoms with E-state index in [2.05, 4.69) is 15.2 Å². The molecule has 0 spiro atoms. The molecule has 4 saturated carbocycles. The first kappa shape index (κ1) is 28.5. The van der Waals surface area contributed by atoms with Crippen LogP contribution in [0.15, 0.2) is 66.9 Å². The van der Waals surface area contributed by atoms with Gasteiger partial charge < -0.3 is 20.7 Å². The molecule has 0 saturated heterocycles. The minimum atomic E-state index is -4.41. The van der Waals surface area contributed by atoms with Crippen LogP contribution in [0.1, 0.15) is 32.1 Å². The molecule has 1 aliphatic heterocycles. The van der Waals surface area contributed by atoms with Crippen molar-refractivity contribution in [1.82, 2.24) is 10.3 Å². The summed E-state index contributed by atoms with van der Waals surface area (Å²) in [5.41, 5.74) is 9.59. The van der Waals surface area contributed by atoms with Gasteiger partial charge in [0.1, 0.15) is 5.75 Å². The number of urea groups is 1. The molecule has 4 fully saturated rings. The molecular formula is C33H34F3N5O3. The minimum Gasteiger partial charge on any atom is -0.483 e. The second-order valence-corrected chi connectivity index (χ2v) is 12.7. The first-order valence-electron chi connectivity index (χ1n) is 15.1. The van der Waals surface area contributed by atoms with Crippen LogP contribution in [-0.2, 0) is 4.79 Å². The van der Waals surface area contributed by atoms with E-state index in [4.69, 9.17) is 10.5 Å². The number of para-hydroxylation sites is 2. The van der Waals surface area contributed by atoms with Crippen molar-refractivity contribution in [2.75, 3.05) is 29.5 Å². The number of primary amides is 1. The Morgan fingerprint density at radius 2 is 1.66 bits per heavy atom. The molecule has 3 amide bonds. The third kappa shape index (κ3) is 5.22. The maximum atomic E-state index is 13.8. The Bertz CT molecular complexity index is 1550. The van der Waals surface area contributed by atoms with Gasteiger partial charge in [0.15, 0.2) is 6.61 Å². The summed E-state index contributed by atoms with van der Waals surface area (Å²) >= 11 is 0. The fraction of sp³-hybridized carbons (Fsp3) is 0.424. The summed E-state index contributed by atoms with van der Waals surface area (Å²) in [5.74, 6) is 0.968. The Morgan fingerprint density at radius 1 is 0.955 bits per heavy atom. The molecule has 2 aromatic carbocycles. The number of carbonyl (C=O) groups excluding carboxylic acids is 2. The van der Waals surface area contributed by atoms with Crippen LogP contribution in [0.4, 0.5) is 35.0 Å². The summed E-state index contributed by atoms with van der Waals surface area (Å²) < 4.78 is 42.0. The van der Waals surface area contributed by atoms with E-state index in [1.54, 1.807) is 6.07 Å². The average molecular weight is 606 g/mol. The molecule has 44 heavy (non-hydrogen) atoms. The lowest BCUT2D eigenvalue weighted by Gasteiger charge is -2.59. The first-order valence-corrected chi connectivity index (χ1v) is 15.1. The number of hydrogen-bond donors (Lipinski definition) is 2. The number of halogens is 3. The highest BCUT2D eigenvalue weighted by molar-refractivity contribution is 5.98. The summed E-state index contributed by atoms with van der Waals surface area (Å²) in [6.45, 7) is -0.266. The van der Waals surface area contributed by atoms with Crippen molar-refractivity contribution < 1.29 is 27.5 Å². The predicted octanol–water partition coefficient (Wildman–Crippen LogP) is 6.04. The lowest BCUT2D eigenvalue weighted by atomic mass is 9.47. The molecule has 1 aromatic heterocycles. The summed E-state index contributed by atoms with van der Waals surface area (Å²) in [7, 11) is 0.